The first-order chi connectivity index (χ1) is 11.2. The van der Waals surface area contributed by atoms with E-state index in [1.165, 1.54) is 12.8 Å². The van der Waals surface area contributed by atoms with Crippen molar-refractivity contribution in [3.8, 4) is 0 Å². The summed E-state index contributed by atoms with van der Waals surface area (Å²) in [5.74, 6) is 0.912. The van der Waals surface area contributed by atoms with Gasteiger partial charge in [-0.2, -0.15) is 0 Å². The lowest BCUT2D eigenvalue weighted by Gasteiger charge is -2.34. The van der Waals surface area contributed by atoms with Crippen LogP contribution in [-0.2, 0) is 4.74 Å². The Kier molecular flexibility index (Phi) is 4.19. The Labute approximate surface area is 139 Å². The summed E-state index contributed by atoms with van der Waals surface area (Å²) < 4.78 is 6.79. The highest BCUT2D eigenvalue weighted by Crippen LogP contribution is 2.30. The number of hydrogen-bond donors (Lipinski definition) is 1. The highest BCUT2D eigenvalue weighted by molar-refractivity contribution is 7.17. The van der Waals surface area contributed by atoms with E-state index >= 15 is 0 Å². The minimum Gasteiger partial charge on any atom is -0.384 e. The largest absolute Gasteiger partial charge is 0.384 e. The number of fused-ring (bicyclic) bond motifs is 1. The van der Waals surface area contributed by atoms with Gasteiger partial charge < -0.3 is 19.6 Å². The van der Waals surface area contributed by atoms with E-state index in [2.05, 4.69) is 19.8 Å². The smallest absolute Gasteiger partial charge is 0.150 e. The second kappa shape index (κ2) is 6.32. The summed E-state index contributed by atoms with van der Waals surface area (Å²) in [7, 11) is 0. The van der Waals surface area contributed by atoms with E-state index in [1.54, 1.807) is 17.7 Å². The standard InChI is InChI=1S/C16H22N4O2S/c21-16(9-19-4-1-2-5-19)10-20(6-7-22-11-16)15-14-13(3-8-23-14)17-12-18-15/h3,8,12,21H,1-2,4-7,9-11H2/t16-/m1/s1. The molecule has 4 heterocycles. The molecule has 7 heteroatoms. The van der Waals surface area contributed by atoms with Gasteiger partial charge in [-0.05, 0) is 37.4 Å². The van der Waals surface area contributed by atoms with Gasteiger partial charge in [-0.15, -0.1) is 11.3 Å². The Morgan fingerprint density at radius 1 is 1.26 bits per heavy atom. The molecule has 0 aliphatic carbocycles. The molecule has 0 bridgehead atoms. The van der Waals surface area contributed by atoms with Crippen LogP contribution in [0.2, 0.25) is 0 Å². The molecule has 1 atom stereocenters. The maximum absolute atomic E-state index is 11.1. The SMILES string of the molecule is O[C@@]1(CN2CCCC2)COCCN(c2ncnc3ccsc23)C1. The Bertz CT molecular complexity index is 673. The van der Waals surface area contributed by atoms with Gasteiger partial charge in [0.1, 0.15) is 17.7 Å². The van der Waals surface area contributed by atoms with Crippen LogP contribution >= 0.6 is 11.3 Å². The van der Waals surface area contributed by atoms with Crippen molar-refractivity contribution < 1.29 is 9.84 Å². The molecular formula is C16H22N4O2S. The molecule has 23 heavy (non-hydrogen) atoms. The molecule has 0 amide bonds. The van der Waals surface area contributed by atoms with Gasteiger partial charge in [0.25, 0.3) is 0 Å². The Morgan fingerprint density at radius 3 is 3.00 bits per heavy atom. The zero-order valence-corrected chi connectivity index (χ0v) is 14.0. The van der Waals surface area contributed by atoms with Crippen LogP contribution in [0.15, 0.2) is 17.8 Å². The van der Waals surface area contributed by atoms with Crippen molar-refractivity contribution in [2.24, 2.45) is 0 Å². The first-order valence-corrected chi connectivity index (χ1v) is 9.07. The summed E-state index contributed by atoms with van der Waals surface area (Å²) in [5, 5.41) is 13.2. The van der Waals surface area contributed by atoms with Crippen molar-refractivity contribution in [1.29, 1.82) is 0 Å². The van der Waals surface area contributed by atoms with E-state index in [-0.39, 0.29) is 0 Å². The summed E-state index contributed by atoms with van der Waals surface area (Å²) in [6, 6.07) is 2.01. The molecular weight excluding hydrogens is 312 g/mol. The molecule has 0 spiro atoms. The predicted octanol–water partition coefficient (Wildman–Crippen LogP) is 1.35. The van der Waals surface area contributed by atoms with Crippen molar-refractivity contribution >= 4 is 27.4 Å². The number of thiophene rings is 1. The molecule has 0 radical (unpaired) electrons. The Balaban J connectivity index is 1.59. The number of ether oxygens (including phenoxy) is 1. The summed E-state index contributed by atoms with van der Waals surface area (Å²) in [4.78, 5) is 13.3. The summed E-state index contributed by atoms with van der Waals surface area (Å²) in [5.41, 5.74) is 0.114. The summed E-state index contributed by atoms with van der Waals surface area (Å²) in [6.07, 6.45) is 4.06. The normalized spacial score (nSPS) is 26.7. The first kappa shape index (κ1) is 15.3. The van der Waals surface area contributed by atoms with Gasteiger partial charge in [0.15, 0.2) is 0 Å². The Hall–Kier alpha value is -1.28. The number of aliphatic hydroxyl groups is 1. The zero-order chi connectivity index (χ0) is 15.7. The van der Waals surface area contributed by atoms with E-state index in [4.69, 9.17) is 4.74 Å². The quantitative estimate of drug-likeness (QED) is 0.914. The van der Waals surface area contributed by atoms with Crippen molar-refractivity contribution in [3.05, 3.63) is 17.8 Å². The molecule has 0 saturated carbocycles. The molecule has 2 aliphatic heterocycles. The lowest BCUT2D eigenvalue weighted by atomic mass is 10.0. The van der Waals surface area contributed by atoms with Crippen LogP contribution in [0.1, 0.15) is 12.8 Å². The van der Waals surface area contributed by atoms with Crippen LogP contribution in [0.4, 0.5) is 5.82 Å². The van der Waals surface area contributed by atoms with Gasteiger partial charge in [-0.1, -0.05) is 0 Å². The second-order valence-electron chi connectivity index (χ2n) is 6.51. The van der Waals surface area contributed by atoms with Gasteiger partial charge in [0.2, 0.25) is 0 Å². The van der Waals surface area contributed by atoms with Crippen LogP contribution in [0.3, 0.4) is 0 Å². The van der Waals surface area contributed by atoms with Crippen LogP contribution in [0.5, 0.6) is 0 Å². The maximum Gasteiger partial charge on any atom is 0.150 e. The van der Waals surface area contributed by atoms with Crippen LogP contribution < -0.4 is 4.90 Å². The van der Waals surface area contributed by atoms with Crippen LogP contribution in [-0.4, -0.2) is 71.5 Å². The molecule has 2 aromatic heterocycles. The van der Waals surface area contributed by atoms with Gasteiger partial charge in [-0.3, -0.25) is 0 Å². The van der Waals surface area contributed by atoms with E-state index in [9.17, 15) is 5.11 Å². The summed E-state index contributed by atoms with van der Waals surface area (Å²) in [6.45, 7) is 5.11. The van der Waals surface area contributed by atoms with E-state index < -0.39 is 5.60 Å². The molecule has 4 rings (SSSR count). The number of rotatable bonds is 3. The Morgan fingerprint density at radius 2 is 2.13 bits per heavy atom. The van der Waals surface area contributed by atoms with Crippen molar-refractivity contribution in [1.82, 2.24) is 14.9 Å². The third-order valence-electron chi connectivity index (χ3n) is 4.60. The minimum absolute atomic E-state index is 0.388. The molecule has 2 aromatic rings. The lowest BCUT2D eigenvalue weighted by Crippen LogP contribution is -2.52. The van der Waals surface area contributed by atoms with Gasteiger partial charge in [-0.25, -0.2) is 9.97 Å². The number of anilines is 1. The molecule has 2 saturated heterocycles. The average Bonchev–Trinajstić information content (AvgIpc) is 3.17. The van der Waals surface area contributed by atoms with Crippen molar-refractivity contribution in [2.45, 2.75) is 18.4 Å². The predicted molar refractivity (Wildman–Crippen MR) is 91.1 cm³/mol. The monoisotopic (exact) mass is 334 g/mol. The number of nitrogens with zero attached hydrogens (tertiary/aromatic N) is 4. The molecule has 1 N–H and O–H groups in total. The van der Waals surface area contributed by atoms with Crippen molar-refractivity contribution in [3.63, 3.8) is 0 Å². The average molecular weight is 334 g/mol. The number of hydrogen-bond acceptors (Lipinski definition) is 7. The van der Waals surface area contributed by atoms with E-state index in [0.717, 1.165) is 35.7 Å². The zero-order valence-electron chi connectivity index (χ0n) is 13.1. The molecule has 2 aliphatic rings. The summed E-state index contributed by atoms with van der Waals surface area (Å²) >= 11 is 1.65. The van der Waals surface area contributed by atoms with E-state index in [0.29, 0.717) is 26.3 Å². The molecule has 2 fully saturated rings. The van der Waals surface area contributed by atoms with Gasteiger partial charge in [0, 0.05) is 13.1 Å². The third kappa shape index (κ3) is 3.19. The minimum atomic E-state index is -0.852. The van der Waals surface area contributed by atoms with Gasteiger partial charge in [0.05, 0.1) is 30.0 Å². The molecule has 124 valence electrons. The number of aromatic nitrogens is 2. The number of β-amino-alcohol motifs (C(OH)–C–C–N with tert-alkyl or cyclic N) is 1. The highest BCUT2D eigenvalue weighted by atomic mass is 32.1. The van der Waals surface area contributed by atoms with Crippen molar-refractivity contribution in [2.75, 3.05) is 50.8 Å². The fraction of sp³-hybridized carbons (Fsp3) is 0.625. The lowest BCUT2D eigenvalue weighted by molar-refractivity contribution is -0.0439. The van der Waals surface area contributed by atoms with Gasteiger partial charge >= 0.3 is 0 Å². The molecule has 0 unspecified atom stereocenters. The number of likely N-dealkylation sites (tertiary alicyclic amines) is 1. The fourth-order valence-electron chi connectivity index (χ4n) is 3.55. The van der Waals surface area contributed by atoms with Crippen LogP contribution in [0, 0.1) is 0 Å². The highest BCUT2D eigenvalue weighted by Gasteiger charge is 2.36. The topological polar surface area (TPSA) is 61.7 Å². The molecule has 6 nitrogen and oxygen atoms in total. The van der Waals surface area contributed by atoms with E-state index in [1.807, 2.05) is 11.4 Å². The molecule has 0 aromatic carbocycles. The van der Waals surface area contributed by atoms with Crippen LogP contribution in [0.25, 0.3) is 10.2 Å². The second-order valence-corrected chi connectivity index (χ2v) is 7.43. The fourth-order valence-corrected chi connectivity index (χ4v) is 4.41. The maximum atomic E-state index is 11.1. The third-order valence-corrected chi connectivity index (χ3v) is 5.50. The first-order valence-electron chi connectivity index (χ1n) is 8.19.